The second-order valence-corrected chi connectivity index (χ2v) is 6.45. The molecule has 26 heavy (non-hydrogen) atoms. The lowest BCUT2D eigenvalue weighted by Crippen LogP contribution is -2.37. The number of fused-ring (bicyclic) bond motifs is 1. The van der Waals surface area contributed by atoms with Crippen molar-refractivity contribution in [2.75, 3.05) is 27.3 Å². The van der Waals surface area contributed by atoms with E-state index in [1.165, 1.54) is 11.1 Å². The van der Waals surface area contributed by atoms with Crippen molar-refractivity contribution in [2.45, 2.75) is 25.9 Å². The minimum Gasteiger partial charge on any atom is -0.493 e. The average Bonchev–Trinajstić information content (AvgIpc) is 2.70. The number of amides is 1. The van der Waals surface area contributed by atoms with Crippen LogP contribution in [0, 0.1) is 0 Å². The molecule has 3 rings (SSSR count). The first-order valence-corrected chi connectivity index (χ1v) is 8.97. The van der Waals surface area contributed by atoms with Gasteiger partial charge in [0.05, 0.1) is 14.2 Å². The maximum Gasteiger partial charge on any atom is 0.224 e. The summed E-state index contributed by atoms with van der Waals surface area (Å²) in [6, 6.07) is 14.2. The van der Waals surface area contributed by atoms with Crippen LogP contribution >= 0.6 is 0 Å². The largest absolute Gasteiger partial charge is 0.493 e. The summed E-state index contributed by atoms with van der Waals surface area (Å²) in [5.41, 5.74) is 3.73. The number of hydrogen-bond donors (Lipinski definition) is 1. The van der Waals surface area contributed by atoms with E-state index in [1.807, 2.05) is 29.2 Å². The van der Waals surface area contributed by atoms with Gasteiger partial charge in [0.25, 0.3) is 0 Å². The van der Waals surface area contributed by atoms with E-state index in [-0.39, 0.29) is 5.91 Å². The van der Waals surface area contributed by atoms with Gasteiger partial charge >= 0.3 is 0 Å². The van der Waals surface area contributed by atoms with Gasteiger partial charge < -0.3 is 19.7 Å². The van der Waals surface area contributed by atoms with Gasteiger partial charge in [0.1, 0.15) is 0 Å². The zero-order valence-electron chi connectivity index (χ0n) is 15.5. The lowest BCUT2D eigenvalue weighted by atomic mass is 10.00. The summed E-state index contributed by atoms with van der Waals surface area (Å²) in [6.07, 6.45) is 1.45. The molecule has 1 aliphatic heterocycles. The molecular formula is C21H26N2O3. The number of nitrogens with zero attached hydrogens (tertiary/aromatic N) is 1. The lowest BCUT2D eigenvalue weighted by molar-refractivity contribution is -0.132. The van der Waals surface area contributed by atoms with E-state index in [0.29, 0.717) is 19.5 Å². The second kappa shape index (κ2) is 8.72. The predicted molar refractivity (Wildman–Crippen MR) is 101 cm³/mol. The molecule has 5 heteroatoms. The maximum atomic E-state index is 12.5. The van der Waals surface area contributed by atoms with Gasteiger partial charge in [-0.2, -0.15) is 0 Å². The standard InChI is InChI=1S/C21H26N2O3/c1-25-19-8-7-16(13-20(19)26-2)14-22-11-9-21(24)23-12-10-17-5-3-4-6-18(17)15-23/h3-8,13,22H,9-12,14-15H2,1-2H3. The highest BCUT2D eigenvalue weighted by Gasteiger charge is 2.19. The molecule has 0 bridgehead atoms. The highest BCUT2D eigenvalue weighted by Crippen LogP contribution is 2.27. The number of carbonyl (C=O) groups excluding carboxylic acids is 1. The molecule has 138 valence electrons. The summed E-state index contributed by atoms with van der Waals surface area (Å²) in [6.45, 7) is 2.89. The minimum absolute atomic E-state index is 0.208. The Balaban J connectivity index is 1.45. The van der Waals surface area contributed by atoms with Crippen molar-refractivity contribution in [1.29, 1.82) is 0 Å². The lowest BCUT2D eigenvalue weighted by Gasteiger charge is -2.29. The normalized spacial score (nSPS) is 13.2. The number of rotatable bonds is 7. The minimum atomic E-state index is 0.208. The first-order valence-electron chi connectivity index (χ1n) is 8.97. The Morgan fingerprint density at radius 2 is 1.85 bits per heavy atom. The van der Waals surface area contributed by atoms with Gasteiger partial charge in [0.15, 0.2) is 11.5 Å². The molecule has 1 heterocycles. The molecule has 5 nitrogen and oxygen atoms in total. The average molecular weight is 354 g/mol. The van der Waals surface area contributed by atoms with Crippen LogP contribution in [-0.2, 0) is 24.3 Å². The summed E-state index contributed by atoms with van der Waals surface area (Å²) in [7, 11) is 3.25. The molecule has 2 aromatic rings. The van der Waals surface area contributed by atoms with Crippen molar-refractivity contribution in [3.63, 3.8) is 0 Å². The Labute approximate surface area is 154 Å². The Morgan fingerprint density at radius 3 is 2.62 bits per heavy atom. The highest BCUT2D eigenvalue weighted by atomic mass is 16.5. The summed E-state index contributed by atoms with van der Waals surface area (Å²) >= 11 is 0. The quantitative estimate of drug-likeness (QED) is 0.777. The molecule has 0 saturated heterocycles. The number of nitrogens with one attached hydrogen (secondary N) is 1. The monoisotopic (exact) mass is 354 g/mol. The molecule has 0 aliphatic carbocycles. The fourth-order valence-corrected chi connectivity index (χ4v) is 3.29. The van der Waals surface area contributed by atoms with Gasteiger partial charge in [0.2, 0.25) is 5.91 Å². The first kappa shape index (κ1) is 18.3. The third-order valence-corrected chi connectivity index (χ3v) is 4.78. The van der Waals surface area contributed by atoms with E-state index in [0.717, 1.165) is 36.6 Å². The van der Waals surface area contributed by atoms with Crippen molar-refractivity contribution in [3.8, 4) is 11.5 Å². The van der Waals surface area contributed by atoms with E-state index in [4.69, 9.17) is 9.47 Å². The third kappa shape index (κ3) is 4.35. The van der Waals surface area contributed by atoms with Crippen molar-refractivity contribution in [3.05, 3.63) is 59.2 Å². The molecule has 0 fully saturated rings. The number of benzene rings is 2. The Morgan fingerprint density at radius 1 is 1.08 bits per heavy atom. The van der Waals surface area contributed by atoms with Crippen LogP contribution in [0.4, 0.5) is 0 Å². The van der Waals surface area contributed by atoms with Crippen LogP contribution in [0.15, 0.2) is 42.5 Å². The van der Waals surface area contributed by atoms with Crippen molar-refractivity contribution < 1.29 is 14.3 Å². The van der Waals surface area contributed by atoms with Crippen LogP contribution < -0.4 is 14.8 Å². The van der Waals surface area contributed by atoms with E-state index >= 15 is 0 Å². The van der Waals surface area contributed by atoms with Gasteiger partial charge in [-0.25, -0.2) is 0 Å². The summed E-state index contributed by atoms with van der Waals surface area (Å²) in [5.74, 6) is 1.64. The summed E-state index contributed by atoms with van der Waals surface area (Å²) in [4.78, 5) is 14.4. The van der Waals surface area contributed by atoms with Crippen molar-refractivity contribution in [1.82, 2.24) is 10.2 Å². The Hall–Kier alpha value is -2.53. The molecule has 0 atom stereocenters. The van der Waals surface area contributed by atoms with Crippen LogP contribution in [0.5, 0.6) is 11.5 Å². The molecule has 1 N–H and O–H groups in total. The number of ether oxygens (including phenoxy) is 2. The van der Waals surface area contributed by atoms with Gasteiger partial charge in [-0.15, -0.1) is 0 Å². The van der Waals surface area contributed by atoms with Crippen molar-refractivity contribution in [2.24, 2.45) is 0 Å². The van der Waals surface area contributed by atoms with Gasteiger partial charge in [-0.05, 0) is 35.2 Å². The fourth-order valence-electron chi connectivity index (χ4n) is 3.29. The molecule has 0 radical (unpaired) electrons. The molecule has 1 aliphatic rings. The smallest absolute Gasteiger partial charge is 0.224 e. The van der Waals surface area contributed by atoms with Crippen LogP contribution in [0.2, 0.25) is 0 Å². The second-order valence-electron chi connectivity index (χ2n) is 6.45. The predicted octanol–water partition coefficient (Wildman–Crippen LogP) is 2.77. The topological polar surface area (TPSA) is 50.8 Å². The number of carbonyl (C=O) groups is 1. The zero-order valence-corrected chi connectivity index (χ0v) is 15.5. The fraction of sp³-hybridized carbons (Fsp3) is 0.381. The molecule has 1 amide bonds. The highest BCUT2D eigenvalue weighted by molar-refractivity contribution is 5.76. The summed E-state index contributed by atoms with van der Waals surface area (Å²) < 4.78 is 10.6. The van der Waals surface area contributed by atoms with E-state index in [9.17, 15) is 4.79 Å². The molecule has 2 aromatic carbocycles. The van der Waals surface area contributed by atoms with Gasteiger partial charge in [-0.1, -0.05) is 30.3 Å². The van der Waals surface area contributed by atoms with Gasteiger partial charge in [-0.3, -0.25) is 4.79 Å². The van der Waals surface area contributed by atoms with Gasteiger partial charge in [0, 0.05) is 32.6 Å². The first-order chi connectivity index (χ1) is 12.7. The Kier molecular flexibility index (Phi) is 6.12. The summed E-state index contributed by atoms with van der Waals surface area (Å²) in [5, 5.41) is 3.34. The van der Waals surface area contributed by atoms with Crippen molar-refractivity contribution >= 4 is 5.91 Å². The van der Waals surface area contributed by atoms with Crippen LogP contribution in [0.1, 0.15) is 23.1 Å². The molecule has 0 aromatic heterocycles. The SMILES string of the molecule is COc1ccc(CNCCC(=O)N2CCc3ccccc3C2)cc1OC. The molecule has 0 spiro atoms. The van der Waals surface area contributed by atoms with Crippen LogP contribution in [-0.4, -0.2) is 38.1 Å². The van der Waals surface area contributed by atoms with E-state index < -0.39 is 0 Å². The van der Waals surface area contributed by atoms with E-state index in [1.54, 1.807) is 14.2 Å². The van der Waals surface area contributed by atoms with Crippen LogP contribution in [0.3, 0.4) is 0 Å². The number of methoxy groups -OCH3 is 2. The molecule has 0 unspecified atom stereocenters. The maximum absolute atomic E-state index is 12.5. The molecular weight excluding hydrogens is 328 g/mol. The zero-order chi connectivity index (χ0) is 18.4. The van der Waals surface area contributed by atoms with E-state index in [2.05, 4.69) is 23.5 Å². The van der Waals surface area contributed by atoms with Crippen LogP contribution in [0.25, 0.3) is 0 Å². The third-order valence-electron chi connectivity index (χ3n) is 4.78. The molecule has 0 saturated carbocycles. The number of hydrogen-bond acceptors (Lipinski definition) is 4. The Bertz CT molecular complexity index is 761.